The van der Waals surface area contributed by atoms with Crippen LogP contribution in [0.15, 0.2) is 43.0 Å². The van der Waals surface area contributed by atoms with Gasteiger partial charge in [0.1, 0.15) is 5.69 Å². The number of nitrogens with zero attached hydrogens (tertiary/aromatic N) is 4. The molecule has 2 aromatic rings. The number of aromatic nitrogens is 3. The van der Waals surface area contributed by atoms with Crippen LogP contribution in [0.5, 0.6) is 0 Å². The van der Waals surface area contributed by atoms with Crippen LogP contribution in [0.25, 0.3) is 0 Å². The predicted molar refractivity (Wildman–Crippen MR) is 102 cm³/mol. The Labute approximate surface area is 164 Å². The Morgan fingerprint density at radius 1 is 1.21 bits per heavy atom. The lowest BCUT2D eigenvalue weighted by molar-refractivity contribution is -0.121. The van der Waals surface area contributed by atoms with E-state index in [1.807, 2.05) is 18.2 Å². The number of carbonyl (C=O) groups excluding carboxylic acids is 2. The van der Waals surface area contributed by atoms with E-state index in [0.29, 0.717) is 32.7 Å². The highest BCUT2D eigenvalue weighted by Gasteiger charge is 2.24. The summed E-state index contributed by atoms with van der Waals surface area (Å²) in [6.07, 6.45) is 9.00. The molecule has 0 saturated carbocycles. The molecule has 8 heteroatoms. The Morgan fingerprint density at radius 3 is 2.86 bits per heavy atom. The van der Waals surface area contributed by atoms with E-state index in [4.69, 9.17) is 4.74 Å². The van der Waals surface area contributed by atoms with Gasteiger partial charge < -0.3 is 15.0 Å². The third-order valence-electron chi connectivity index (χ3n) is 4.56. The van der Waals surface area contributed by atoms with Crippen molar-refractivity contribution >= 4 is 11.8 Å². The summed E-state index contributed by atoms with van der Waals surface area (Å²) in [5.74, 6) is -0.329. The van der Waals surface area contributed by atoms with Crippen LogP contribution in [0.4, 0.5) is 0 Å². The monoisotopic (exact) mass is 383 g/mol. The highest BCUT2D eigenvalue weighted by molar-refractivity contribution is 5.92. The first-order chi connectivity index (χ1) is 13.7. The fraction of sp³-hybridized carbons (Fsp3) is 0.450. The van der Waals surface area contributed by atoms with Crippen molar-refractivity contribution in [3.63, 3.8) is 0 Å². The average Bonchev–Trinajstić information content (AvgIpc) is 3.25. The van der Waals surface area contributed by atoms with Crippen LogP contribution in [0.3, 0.4) is 0 Å². The first-order valence-corrected chi connectivity index (χ1v) is 9.56. The van der Waals surface area contributed by atoms with E-state index in [9.17, 15) is 9.59 Å². The molecule has 1 aliphatic rings. The standard InChI is InChI=1S/C20H25N5O3/c26-19(24-9-6-16-4-1-2-8-22-16)7-12-25(15-17-5-3-13-28-17)20(27)18-14-21-10-11-23-18/h1-2,4,8,10-11,14,17H,3,5-7,9,12-13,15H2,(H,24,26). The summed E-state index contributed by atoms with van der Waals surface area (Å²) < 4.78 is 5.65. The zero-order valence-corrected chi connectivity index (χ0v) is 15.8. The molecule has 1 aliphatic heterocycles. The number of amides is 2. The van der Waals surface area contributed by atoms with Crippen LogP contribution in [0.1, 0.15) is 35.4 Å². The van der Waals surface area contributed by atoms with Crippen molar-refractivity contribution in [2.75, 3.05) is 26.2 Å². The minimum atomic E-state index is -0.232. The number of nitrogens with one attached hydrogen (secondary N) is 1. The number of pyridine rings is 1. The molecule has 28 heavy (non-hydrogen) atoms. The van der Waals surface area contributed by atoms with Crippen molar-refractivity contribution in [3.05, 3.63) is 54.4 Å². The quantitative estimate of drug-likeness (QED) is 0.700. The van der Waals surface area contributed by atoms with Gasteiger partial charge in [0.2, 0.25) is 5.91 Å². The normalized spacial score (nSPS) is 15.9. The second-order valence-corrected chi connectivity index (χ2v) is 6.65. The molecule has 1 atom stereocenters. The van der Waals surface area contributed by atoms with E-state index in [2.05, 4.69) is 20.3 Å². The van der Waals surface area contributed by atoms with Gasteiger partial charge in [0.05, 0.1) is 12.3 Å². The first-order valence-electron chi connectivity index (χ1n) is 9.56. The van der Waals surface area contributed by atoms with E-state index >= 15 is 0 Å². The topological polar surface area (TPSA) is 97.3 Å². The molecular weight excluding hydrogens is 358 g/mol. The molecule has 0 bridgehead atoms. The Morgan fingerprint density at radius 2 is 2.14 bits per heavy atom. The second kappa shape index (κ2) is 10.5. The smallest absolute Gasteiger partial charge is 0.274 e. The predicted octanol–water partition coefficient (Wildman–Crippen LogP) is 1.24. The Balaban J connectivity index is 1.50. The SMILES string of the molecule is O=C(CCN(CC1CCCO1)C(=O)c1cnccn1)NCCc1ccccn1. The molecule has 0 radical (unpaired) electrons. The lowest BCUT2D eigenvalue weighted by Crippen LogP contribution is -2.40. The van der Waals surface area contributed by atoms with Crippen LogP contribution in [0, 0.1) is 0 Å². The van der Waals surface area contributed by atoms with Gasteiger partial charge in [0.15, 0.2) is 0 Å². The number of hydrogen-bond acceptors (Lipinski definition) is 6. The summed E-state index contributed by atoms with van der Waals surface area (Å²) in [5, 5.41) is 2.88. The Kier molecular flexibility index (Phi) is 7.43. The molecular formula is C20H25N5O3. The zero-order chi connectivity index (χ0) is 19.6. The van der Waals surface area contributed by atoms with Crippen LogP contribution in [-0.2, 0) is 16.0 Å². The van der Waals surface area contributed by atoms with Crippen molar-refractivity contribution < 1.29 is 14.3 Å². The van der Waals surface area contributed by atoms with Crippen molar-refractivity contribution in [1.29, 1.82) is 0 Å². The molecule has 3 rings (SSSR count). The molecule has 0 aliphatic carbocycles. The maximum Gasteiger partial charge on any atom is 0.274 e. The molecule has 1 unspecified atom stereocenters. The fourth-order valence-corrected chi connectivity index (χ4v) is 3.08. The number of hydrogen-bond donors (Lipinski definition) is 1. The third-order valence-corrected chi connectivity index (χ3v) is 4.56. The van der Waals surface area contributed by atoms with Gasteiger partial charge in [-0.15, -0.1) is 0 Å². The lowest BCUT2D eigenvalue weighted by Gasteiger charge is -2.25. The van der Waals surface area contributed by atoms with Crippen molar-refractivity contribution in [2.24, 2.45) is 0 Å². The molecule has 0 aromatic carbocycles. The Bertz CT molecular complexity index is 751. The molecule has 2 aromatic heterocycles. The van der Waals surface area contributed by atoms with E-state index in [1.165, 1.54) is 18.6 Å². The second-order valence-electron chi connectivity index (χ2n) is 6.65. The van der Waals surface area contributed by atoms with E-state index in [-0.39, 0.29) is 30.0 Å². The minimum absolute atomic E-state index is 0.00726. The molecule has 148 valence electrons. The van der Waals surface area contributed by atoms with Crippen molar-refractivity contribution in [2.45, 2.75) is 31.8 Å². The molecule has 3 heterocycles. The minimum Gasteiger partial charge on any atom is -0.376 e. The lowest BCUT2D eigenvalue weighted by atomic mass is 10.2. The molecule has 1 N–H and O–H groups in total. The largest absolute Gasteiger partial charge is 0.376 e. The van der Waals surface area contributed by atoms with Crippen molar-refractivity contribution in [3.8, 4) is 0 Å². The van der Waals surface area contributed by atoms with Crippen LogP contribution in [0.2, 0.25) is 0 Å². The molecule has 1 fully saturated rings. The first kappa shape index (κ1) is 19.9. The van der Waals surface area contributed by atoms with Gasteiger partial charge in [-0.3, -0.25) is 19.6 Å². The maximum absolute atomic E-state index is 12.8. The van der Waals surface area contributed by atoms with Gasteiger partial charge in [-0.2, -0.15) is 0 Å². The fourth-order valence-electron chi connectivity index (χ4n) is 3.08. The highest BCUT2D eigenvalue weighted by Crippen LogP contribution is 2.15. The van der Waals surface area contributed by atoms with Crippen molar-refractivity contribution in [1.82, 2.24) is 25.2 Å². The van der Waals surface area contributed by atoms with Gasteiger partial charge in [0.25, 0.3) is 5.91 Å². The summed E-state index contributed by atoms with van der Waals surface area (Å²) in [7, 11) is 0. The van der Waals surface area contributed by atoms with E-state index < -0.39 is 0 Å². The number of rotatable bonds is 9. The van der Waals surface area contributed by atoms with Gasteiger partial charge in [0, 0.05) is 63.4 Å². The third kappa shape index (κ3) is 6.09. The number of carbonyl (C=O) groups is 2. The molecule has 2 amide bonds. The maximum atomic E-state index is 12.8. The number of ether oxygens (including phenoxy) is 1. The van der Waals surface area contributed by atoms with Crippen LogP contribution < -0.4 is 5.32 Å². The molecule has 8 nitrogen and oxygen atoms in total. The van der Waals surface area contributed by atoms with Gasteiger partial charge in [-0.1, -0.05) is 6.07 Å². The Hall–Kier alpha value is -2.87. The van der Waals surface area contributed by atoms with Crippen LogP contribution >= 0.6 is 0 Å². The molecule has 0 spiro atoms. The van der Waals surface area contributed by atoms with E-state index in [1.54, 1.807) is 11.1 Å². The van der Waals surface area contributed by atoms with Gasteiger partial charge in [-0.25, -0.2) is 4.98 Å². The van der Waals surface area contributed by atoms with Gasteiger partial charge >= 0.3 is 0 Å². The summed E-state index contributed by atoms with van der Waals surface area (Å²) in [5.41, 5.74) is 1.21. The summed E-state index contributed by atoms with van der Waals surface area (Å²) >= 11 is 0. The summed E-state index contributed by atoms with van der Waals surface area (Å²) in [6.45, 7) is 1.99. The van der Waals surface area contributed by atoms with Gasteiger partial charge in [-0.05, 0) is 25.0 Å². The summed E-state index contributed by atoms with van der Waals surface area (Å²) in [4.78, 5) is 38.9. The van der Waals surface area contributed by atoms with E-state index in [0.717, 1.165) is 18.5 Å². The summed E-state index contributed by atoms with van der Waals surface area (Å²) in [6, 6.07) is 5.71. The average molecular weight is 383 g/mol. The highest BCUT2D eigenvalue weighted by atomic mass is 16.5. The zero-order valence-electron chi connectivity index (χ0n) is 15.8. The molecule has 1 saturated heterocycles. The van der Waals surface area contributed by atoms with Crippen LogP contribution in [-0.4, -0.2) is 64.0 Å².